The lowest BCUT2D eigenvalue weighted by Crippen LogP contribution is -2.35. The van der Waals surface area contributed by atoms with Gasteiger partial charge in [0.2, 0.25) is 6.79 Å². The first kappa shape index (κ1) is 16.1. The van der Waals surface area contributed by atoms with Gasteiger partial charge in [-0.2, -0.15) is 0 Å². The fourth-order valence-corrected chi connectivity index (χ4v) is 4.48. The number of ether oxygens (including phenoxy) is 2. The number of likely N-dealkylation sites (tertiary alicyclic amines) is 1. The van der Waals surface area contributed by atoms with Crippen molar-refractivity contribution in [1.82, 2.24) is 14.8 Å². The SMILES string of the molecule is c1cncc(CN2CCC(CN3CCc4cc5c(cc4C3)OCO5)C2)c1. The van der Waals surface area contributed by atoms with E-state index in [-0.39, 0.29) is 0 Å². The van der Waals surface area contributed by atoms with E-state index in [4.69, 9.17) is 9.47 Å². The minimum atomic E-state index is 0.358. The molecule has 26 heavy (non-hydrogen) atoms. The molecule has 5 heteroatoms. The van der Waals surface area contributed by atoms with Gasteiger partial charge in [0.25, 0.3) is 0 Å². The van der Waals surface area contributed by atoms with Gasteiger partial charge in [-0.1, -0.05) is 6.07 Å². The molecule has 0 N–H and O–H groups in total. The van der Waals surface area contributed by atoms with Crippen LogP contribution in [0, 0.1) is 5.92 Å². The van der Waals surface area contributed by atoms with Crippen molar-refractivity contribution in [1.29, 1.82) is 0 Å². The first-order chi connectivity index (χ1) is 12.8. The van der Waals surface area contributed by atoms with Crippen molar-refractivity contribution in [2.45, 2.75) is 25.9 Å². The standard InChI is InChI=1S/C21H25N3O2/c1-2-16(10-22-5-1)11-23-6-3-17(12-23)13-24-7-4-18-8-20-21(26-15-25-20)9-19(18)14-24/h1-2,5,8-10,17H,3-4,6-7,11-15H2. The Labute approximate surface area is 154 Å². The molecule has 0 spiro atoms. The van der Waals surface area contributed by atoms with Crippen molar-refractivity contribution in [3.63, 3.8) is 0 Å². The highest BCUT2D eigenvalue weighted by atomic mass is 16.7. The summed E-state index contributed by atoms with van der Waals surface area (Å²) in [7, 11) is 0. The molecule has 1 unspecified atom stereocenters. The minimum absolute atomic E-state index is 0.358. The van der Waals surface area contributed by atoms with Crippen LogP contribution in [0.25, 0.3) is 0 Å². The van der Waals surface area contributed by atoms with Gasteiger partial charge in [0.1, 0.15) is 0 Å². The Morgan fingerprint density at radius 1 is 1.08 bits per heavy atom. The molecule has 3 aliphatic heterocycles. The zero-order chi connectivity index (χ0) is 17.3. The topological polar surface area (TPSA) is 37.8 Å². The maximum Gasteiger partial charge on any atom is 0.231 e. The molecule has 136 valence electrons. The number of aromatic nitrogens is 1. The monoisotopic (exact) mass is 351 g/mol. The van der Waals surface area contributed by atoms with Crippen LogP contribution >= 0.6 is 0 Å². The van der Waals surface area contributed by atoms with Gasteiger partial charge in [0, 0.05) is 45.1 Å². The third-order valence-electron chi connectivity index (χ3n) is 5.80. The van der Waals surface area contributed by atoms with Crippen molar-refractivity contribution in [3.05, 3.63) is 53.3 Å². The average Bonchev–Trinajstić information content (AvgIpc) is 3.29. The molecule has 5 nitrogen and oxygen atoms in total. The van der Waals surface area contributed by atoms with E-state index >= 15 is 0 Å². The van der Waals surface area contributed by atoms with Crippen molar-refractivity contribution < 1.29 is 9.47 Å². The van der Waals surface area contributed by atoms with Gasteiger partial charge >= 0.3 is 0 Å². The Morgan fingerprint density at radius 2 is 1.96 bits per heavy atom. The highest BCUT2D eigenvalue weighted by Gasteiger charge is 2.27. The van der Waals surface area contributed by atoms with Gasteiger partial charge < -0.3 is 9.47 Å². The Morgan fingerprint density at radius 3 is 2.81 bits per heavy atom. The fourth-order valence-electron chi connectivity index (χ4n) is 4.48. The molecule has 0 radical (unpaired) electrons. The average molecular weight is 351 g/mol. The normalized spacial score (nSPS) is 22.5. The van der Waals surface area contributed by atoms with Crippen molar-refractivity contribution in [2.24, 2.45) is 5.92 Å². The first-order valence-electron chi connectivity index (χ1n) is 9.58. The second-order valence-corrected chi connectivity index (χ2v) is 7.71. The number of hydrogen-bond acceptors (Lipinski definition) is 5. The molecule has 0 aliphatic carbocycles. The molecule has 2 aromatic rings. The van der Waals surface area contributed by atoms with E-state index in [2.05, 4.69) is 33.0 Å². The maximum atomic E-state index is 5.55. The lowest BCUT2D eigenvalue weighted by atomic mass is 9.97. The molecule has 1 saturated heterocycles. The van der Waals surface area contributed by atoms with Gasteiger partial charge in [-0.25, -0.2) is 0 Å². The molecule has 1 aromatic heterocycles. The van der Waals surface area contributed by atoms with Crippen LogP contribution in [0.1, 0.15) is 23.1 Å². The molecule has 1 atom stereocenters. The summed E-state index contributed by atoms with van der Waals surface area (Å²) in [6.45, 7) is 7.14. The highest BCUT2D eigenvalue weighted by Crippen LogP contribution is 2.37. The van der Waals surface area contributed by atoms with Crippen molar-refractivity contribution in [3.8, 4) is 11.5 Å². The van der Waals surface area contributed by atoms with Crippen LogP contribution in [-0.2, 0) is 19.5 Å². The molecular formula is C21H25N3O2. The van der Waals surface area contributed by atoms with E-state index in [0.29, 0.717) is 6.79 Å². The van der Waals surface area contributed by atoms with E-state index in [1.165, 1.54) is 42.7 Å². The number of pyridine rings is 1. The Hall–Kier alpha value is -2.11. The molecule has 0 saturated carbocycles. The first-order valence-corrected chi connectivity index (χ1v) is 9.58. The smallest absolute Gasteiger partial charge is 0.231 e. The van der Waals surface area contributed by atoms with Gasteiger partial charge in [-0.05, 0) is 60.2 Å². The largest absolute Gasteiger partial charge is 0.454 e. The minimum Gasteiger partial charge on any atom is -0.454 e. The molecule has 4 heterocycles. The van der Waals surface area contributed by atoms with Crippen LogP contribution in [0.5, 0.6) is 11.5 Å². The van der Waals surface area contributed by atoms with E-state index in [0.717, 1.165) is 43.5 Å². The molecule has 0 bridgehead atoms. The van der Waals surface area contributed by atoms with E-state index in [1.54, 1.807) is 0 Å². The lowest BCUT2D eigenvalue weighted by molar-refractivity contribution is 0.174. The number of hydrogen-bond donors (Lipinski definition) is 0. The Balaban J connectivity index is 1.18. The molecule has 5 rings (SSSR count). The molecule has 1 fully saturated rings. The van der Waals surface area contributed by atoms with E-state index < -0.39 is 0 Å². The third-order valence-corrected chi connectivity index (χ3v) is 5.80. The van der Waals surface area contributed by atoms with Gasteiger partial charge in [0.15, 0.2) is 11.5 Å². The summed E-state index contributed by atoms with van der Waals surface area (Å²) in [4.78, 5) is 9.41. The second-order valence-electron chi connectivity index (χ2n) is 7.71. The summed E-state index contributed by atoms with van der Waals surface area (Å²) in [5.74, 6) is 2.59. The summed E-state index contributed by atoms with van der Waals surface area (Å²) in [6.07, 6.45) is 6.24. The number of rotatable bonds is 4. The summed E-state index contributed by atoms with van der Waals surface area (Å²) >= 11 is 0. The van der Waals surface area contributed by atoms with Crippen LogP contribution < -0.4 is 9.47 Å². The van der Waals surface area contributed by atoms with Crippen LogP contribution in [0.2, 0.25) is 0 Å². The summed E-state index contributed by atoms with van der Waals surface area (Å²) < 4.78 is 11.1. The summed E-state index contributed by atoms with van der Waals surface area (Å²) in [5, 5.41) is 0. The van der Waals surface area contributed by atoms with E-state index in [1.807, 2.05) is 18.5 Å². The molecule has 3 aliphatic rings. The Kier molecular flexibility index (Phi) is 4.27. The van der Waals surface area contributed by atoms with Crippen LogP contribution in [-0.4, -0.2) is 47.8 Å². The second kappa shape index (κ2) is 6.89. The van der Waals surface area contributed by atoms with Crippen molar-refractivity contribution >= 4 is 0 Å². The maximum absolute atomic E-state index is 5.55. The van der Waals surface area contributed by atoms with Crippen molar-refractivity contribution in [2.75, 3.05) is 33.0 Å². The fraction of sp³-hybridized carbons (Fsp3) is 0.476. The Bertz CT molecular complexity index is 780. The van der Waals surface area contributed by atoms with E-state index in [9.17, 15) is 0 Å². The third kappa shape index (κ3) is 3.29. The zero-order valence-electron chi connectivity index (χ0n) is 15.1. The molecule has 0 amide bonds. The summed E-state index contributed by atoms with van der Waals surface area (Å²) in [5.41, 5.74) is 4.15. The lowest BCUT2D eigenvalue weighted by Gasteiger charge is -2.31. The predicted molar refractivity (Wildman–Crippen MR) is 99.2 cm³/mol. The van der Waals surface area contributed by atoms with Gasteiger partial charge in [0.05, 0.1) is 0 Å². The van der Waals surface area contributed by atoms with Gasteiger partial charge in [-0.3, -0.25) is 14.8 Å². The van der Waals surface area contributed by atoms with Gasteiger partial charge in [-0.15, -0.1) is 0 Å². The molecular weight excluding hydrogens is 326 g/mol. The zero-order valence-corrected chi connectivity index (χ0v) is 15.1. The van der Waals surface area contributed by atoms with Crippen LogP contribution in [0.15, 0.2) is 36.7 Å². The van der Waals surface area contributed by atoms with Crippen LogP contribution in [0.4, 0.5) is 0 Å². The van der Waals surface area contributed by atoms with Crippen LogP contribution in [0.3, 0.4) is 0 Å². The number of benzene rings is 1. The quantitative estimate of drug-likeness (QED) is 0.847. The predicted octanol–water partition coefficient (Wildman–Crippen LogP) is 2.69. The molecule has 1 aromatic carbocycles. The number of nitrogens with zero attached hydrogens (tertiary/aromatic N) is 3. The highest BCUT2D eigenvalue weighted by molar-refractivity contribution is 5.49. The summed E-state index contributed by atoms with van der Waals surface area (Å²) in [6, 6.07) is 8.57. The number of fused-ring (bicyclic) bond motifs is 2.